The summed E-state index contributed by atoms with van der Waals surface area (Å²) < 4.78 is 29.2. The highest BCUT2D eigenvalue weighted by Gasteiger charge is 2.37. The minimum absolute atomic E-state index is 0.0524. The first-order valence-electron chi connectivity index (χ1n) is 25.7. The zero-order chi connectivity index (χ0) is 55.9. The second-order valence-corrected chi connectivity index (χ2v) is 21.2. The molecule has 78 heavy (non-hydrogen) atoms. The van der Waals surface area contributed by atoms with Crippen LogP contribution in [0.4, 0.5) is 16.2 Å². The second kappa shape index (κ2) is 26.6. The van der Waals surface area contributed by atoms with Crippen molar-refractivity contribution in [2.45, 2.75) is 86.2 Å². The third-order valence-electron chi connectivity index (χ3n) is 13.9. The predicted octanol–water partition coefficient (Wildman–Crippen LogP) is 5.38. The summed E-state index contributed by atoms with van der Waals surface area (Å²) in [5.41, 5.74) is 8.42. The van der Waals surface area contributed by atoms with Crippen molar-refractivity contribution in [1.82, 2.24) is 20.4 Å². The number of likely N-dealkylation sites (tertiary alicyclic amines) is 1. The molecular weight excluding hydrogens is 1020 g/mol. The molecule has 0 spiro atoms. The van der Waals surface area contributed by atoms with Crippen molar-refractivity contribution in [2.24, 2.45) is 11.7 Å². The van der Waals surface area contributed by atoms with Crippen molar-refractivity contribution in [3.05, 3.63) is 155 Å². The Morgan fingerprint density at radius 1 is 0.718 bits per heavy atom. The van der Waals surface area contributed by atoms with E-state index in [0.29, 0.717) is 35.7 Å². The van der Waals surface area contributed by atoms with E-state index in [-0.39, 0.29) is 46.1 Å². The number of hydrogen-bond donors (Lipinski definition) is 6. The lowest BCUT2D eigenvalue weighted by atomic mass is 9.90. The number of hydrogen-bond acceptors (Lipinski definition) is 11. The van der Waals surface area contributed by atoms with E-state index >= 15 is 0 Å². The van der Waals surface area contributed by atoms with Gasteiger partial charge in [0.25, 0.3) is 11.8 Å². The normalized spacial score (nSPS) is 14.9. The number of carboxylic acid groups (broad SMARTS) is 3. The van der Waals surface area contributed by atoms with Gasteiger partial charge >= 0.3 is 23.9 Å². The van der Waals surface area contributed by atoms with Crippen molar-refractivity contribution < 1.29 is 62.1 Å². The molecule has 0 saturated carbocycles. The van der Waals surface area contributed by atoms with Crippen molar-refractivity contribution in [2.75, 3.05) is 49.1 Å². The maximum absolute atomic E-state index is 14.6. The number of benzene rings is 5. The fourth-order valence-electron chi connectivity index (χ4n) is 9.78. The lowest BCUT2D eigenvalue weighted by Crippen LogP contribution is -2.55. The molecule has 0 radical (unpaired) electrons. The van der Waals surface area contributed by atoms with Gasteiger partial charge in [-0.15, -0.1) is 0 Å². The summed E-state index contributed by atoms with van der Waals surface area (Å²) in [5.74, 6) is -6.22. The van der Waals surface area contributed by atoms with E-state index in [0.717, 1.165) is 43.8 Å². The van der Waals surface area contributed by atoms with Crippen LogP contribution >= 0.6 is 0 Å². The SMILES string of the molecule is NC(=O)CCC(C(=O)O)N(CCNC(=O)Cc1ccc(CN2C(=O)c3ccccc3S(=O)(=O)c3cc(C(=O)N(CCCN4CCC(Cc5ccccc5)CC4)c4ccccc4)ccc32)cc1)C(=O)NC(CCC(=O)O)C(=O)O. The summed E-state index contributed by atoms with van der Waals surface area (Å²) in [5, 5.41) is 33.3. The number of nitrogens with two attached hydrogens (primary N) is 1. The Hall–Kier alpha value is -8.43. The van der Waals surface area contributed by atoms with Crippen molar-refractivity contribution in [1.29, 1.82) is 0 Å². The summed E-state index contributed by atoms with van der Waals surface area (Å²) in [7, 11) is -4.37. The topological polar surface area (TPSA) is 294 Å². The highest BCUT2D eigenvalue weighted by Crippen LogP contribution is 2.39. The molecule has 0 bridgehead atoms. The summed E-state index contributed by atoms with van der Waals surface area (Å²) >= 11 is 0. The van der Waals surface area contributed by atoms with Crippen LogP contribution in [0.15, 0.2) is 137 Å². The largest absolute Gasteiger partial charge is 0.481 e. The van der Waals surface area contributed by atoms with Gasteiger partial charge in [0.2, 0.25) is 21.7 Å². The molecule has 1 fully saturated rings. The number of nitrogens with zero attached hydrogens (tertiary/aromatic N) is 4. The first-order chi connectivity index (χ1) is 37.4. The van der Waals surface area contributed by atoms with Gasteiger partial charge in [-0.3, -0.25) is 24.0 Å². The summed E-state index contributed by atoms with van der Waals surface area (Å²) in [4.78, 5) is 108. The third kappa shape index (κ3) is 14.9. The molecule has 2 unspecified atom stereocenters. The van der Waals surface area contributed by atoms with Crippen LogP contribution in [0.25, 0.3) is 0 Å². The zero-order valence-corrected chi connectivity index (χ0v) is 43.7. The minimum Gasteiger partial charge on any atom is -0.481 e. The number of rotatable bonds is 25. The second-order valence-electron chi connectivity index (χ2n) is 19.4. The Morgan fingerprint density at radius 2 is 1.37 bits per heavy atom. The van der Waals surface area contributed by atoms with Gasteiger partial charge in [-0.2, -0.15) is 0 Å². The number of anilines is 2. The van der Waals surface area contributed by atoms with Crippen LogP contribution in [0.2, 0.25) is 0 Å². The molecule has 7 rings (SSSR count). The Balaban J connectivity index is 1.03. The molecule has 5 aromatic rings. The van der Waals surface area contributed by atoms with Crippen LogP contribution in [0, 0.1) is 5.92 Å². The van der Waals surface area contributed by atoms with Crippen molar-refractivity contribution in [3.63, 3.8) is 0 Å². The van der Waals surface area contributed by atoms with Crippen LogP contribution in [0.1, 0.15) is 82.4 Å². The summed E-state index contributed by atoms with van der Waals surface area (Å²) in [6.07, 6.45) is 1.71. The standard InChI is InChI=1S/C57H63N7O13S/c58-50(65)24-23-47(56(73)74)63(57(75)60-45(55(71)72)21-25-52(67)68)33-28-59-51(66)35-39-16-18-41(19-17-39)37-64-46-22-20-42(36-49(46)78(76,77)48-15-8-7-14-44(48)54(64)70)53(69)62(43-12-5-2-6-13-43)30-9-29-61-31-26-40(27-32-61)34-38-10-3-1-4-11-38/h1-8,10-20,22,36,40,45,47H,9,21,23-35,37H2,(H2,58,65)(H,59,66)(H,60,75)(H,67,68)(H,71,72)(H,73,74). The molecular formula is C57H63N7O13S. The van der Waals surface area contributed by atoms with Crippen LogP contribution in [-0.4, -0.2) is 132 Å². The molecule has 1 saturated heterocycles. The van der Waals surface area contributed by atoms with E-state index < -0.39 is 102 Å². The molecule has 2 aliphatic rings. The van der Waals surface area contributed by atoms with E-state index in [9.17, 15) is 57.0 Å². The van der Waals surface area contributed by atoms with Crippen LogP contribution in [0.3, 0.4) is 0 Å². The number of para-hydroxylation sites is 1. The quantitative estimate of drug-likeness (QED) is 0.0428. The fourth-order valence-corrected chi connectivity index (χ4v) is 11.5. The van der Waals surface area contributed by atoms with Gasteiger partial charge in [-0.05, 0) is 123 Å². The molecule has 21 heteroatoms. The maximum atomic E-state index is 14.6. The average molecular weight is 1090 g/mol. The number of carbonyl (C=O) groups excluding carboxylic acids is 5. The monoisotopic (exact) mass is 1090 g/mol. The van der Waals surface area contributed by atoms with Gasteiger partial charge < -0.3 is 51.3 Å². The smallest absolute Gasteiger partial charge is 0.326 e. The van der Waals surface area contributed by atoms with E-state index in [1.54, 1.807) is 35.2 Å². The van der Waals surface area contributed by atoms with E-state index in [1.165, 1.54) is 46.9 Å². The highest BCUT2D eigenvalue weighted by atomic mass is 32.2. The average Bonchev–Trinajstić information content (AvgIpc) is 3.58. The van der Waals surface area contributed by atoms with E-state index in [4.69, 9.17) is 10.8 Å². The molecule has 7 N–H and O–H groups in total. The number of carboxylic acids is 3. The van der Waals surface area contributed by atoms with Gasteiger partial charge in [-0.25, -0.2) is 22.8 Å². The first kappa shape index (κ1) is 57.3. The number of carbonyl (C=O) groups is 8. The van der Waals surface area contributed by atoms with Crippen LogP contribution in [-0.2, 0) is 53.2 Å². The van der Waals surface area contributed by atoms with Crippen molar-refractivity contribution in [3.8, 4) is 0 Å². The zero-order valence-electron chi connectivity index (χ0n) is 42.9. The Bertz CT molecular complexity index is 3100. The number of sulfone groups is 1. The number of amides is 6. The number of aliphatic carboxylic acids is 3. The van der Waals surface area contributed by atoms with Crippen LogP contribution in [0.5, 0.6) is 0 Å². The molecule has 6 amide bonds. The first-order valence-corrected chi connectivity index (χ1v) is 27.2. The molecule has 410 valence electrons. The molecule has 0 aromatic heterocycles. The van der Waals surface area contributed by atoms with Gasteiger partial charge in [0.05, 0.1) is 34.0 Å². The van der Waals surface area contributed by atoms with Gasteiger partial charge in [0, 0.05) is 43.7 Å². The molecule has 20 nitrogen and oxygen atoms in total. The lowest BCUT2D eigenvalue weighted by Gasteiger charge is -2.32. The van der Waals surface area contributed by atoms with Crippen LogP contribution < -0.4 is 26.2 Å². The summed E-state index contributed by atoms with van der Waals surface area (Å²) in [6.45, 7) is 2.21. The van der Waals surface area contributed by atoms with E-state index in [2.05, 4.69) is 39.8 Å². The Kier molecular flexibility index (Phi) is 19.5. The molecule has 5 aromatic carbocycles. The van der Waals surface area contributed by atoms with Gasteiger partial charge in [0.15, 0.2) is 0 Å². The maximum Gasteiger partial charge on any atom is 0.326 e. The Labute approximate surface area is 451 Å². The third-order valence-corrected chi connectivity index (χ3v) is 15.8. The number of piperidine rings is 1. The fraction of sp³-hybridized carbons (Fsp3) is 0.333. The lowest BCUT2D eigenvalue weighted by molar-refractivity contribution is -0.142. The predicted molar refractivity (Wildman–Crippen MR) is 287 cm³/mol. The molecule has 2 atom stereocenters. The number of primary amides is 1. The molecule has 2 heterocycles. The highest BCUT2D eigenvalue weighted by molar-refractivity contribution is 7.91. The Morgan fingerprint density at radius 3 is 2.03 bits per heavy atom. The van der Waals surface area contributed by atoms with Crippen molar-refractivity contribution >= 4 is 68.8 Å². The number of nitrogens with one attached hydrogen (secondary N) is 2. The van der Waals surface area contributed by atoms with Gasteiger partial charge in [0.1, 0.15) is 12.1 Å². The minimum atomic E-state index is -4.37. The summed E-state index contributed by atoms with van der Waals surface area (Å²) in [6, 6.07) is 32.0. The molecule has 2 aliphatic heterocycles. The van der Waals surface area contributed by atoms with Gasteiger partial charge in [-0.1, -0.05) is 84.9 Å². The number of urea groups is 1. The number of fused-ring (bicyclic) bond motifs is 2. The van der Waals surface area contributed by atoms with E-state index in [1.807, 2.05) is 36.4 Å². The molecule has 0 aliphatic carbocycles.